The quantitative estimate of drug-likeness (QED) is 0.263. The van der Waals surface area contributed by atoms with Crippen LogP contribution in [0.5, 0.6) is 0 Å². The lowest BCUT2D eigenvalue weighted by atomic mass is 9.98. The molecule has 5 rings (SSSR count). The van der Waals surface area contributed by atoms with Gasteiger partial charge in [0.2, 0.25) is 0 Å². The topological polar surface area (TPSA) is 69.8 Å². The number of aromatic nitrogens is 2. The number of carbonyl (C=O) groups is 1. The molecule has 0 saturated carbocycles. The number of aryl methyl sites for hydroxylation is 1. The van der Waals surface area contributed by atoms with Gasteiger partial charge in [-0.05, 0) is 73.7 Å². The van der Waals surface area contributed by atoms with Crippen LogP contribution in [0.15, 0.2) is 91.1 Å². The maximum absolute atomic E-state index is 14.6. The second-order valence-electron chi connectivity index (χ2n) is 8.20. The Bertz CT molecular complexity index is 1500. The van der Waals surface area contributed by atoms with Gasteiger partial charge in [-0.15, -0.1) is 0 Å². The summed E-state index contributed by atoms with van der Waals surface area (Å²) in [5, 5.41) is 7.04. The van der Waals surface area contributed by atoms with E-state index in [0.29, 0.717) is 16.9 Å². The second-order valence-corrected chi connectivity index (χ2v) is 8.20. The highest BCUT2D eigenvalue weighted by atomic mass is 19.1. The Kier molecular flexibility index (Phi) is 5.97. The molecule has 0 aliphatic rings. The summed E-state index contributed by atoms with van der Waals surface area (Å²) in [6, 6.07) is 22.6. The van der Waals surface area contributed by atoms with Crippen molar-refractivity contribution in [3.8, 4) is 0 Å². The molecule has 2 heterocycles. The molecule has 35 heavy (non-hydrogen) atoms. The molecule has 0 fully saturated rings. The smallest absolute Gasteiger partial charge is 0.255 e. The van der Waals surface area contributed by atoms with E-state index in [-0.39, 0.29) is 11.7 Å². The van der Waals surface area contributed by atoms with Crippen molar-refractivity contribution in [1.82, 2.24) is 9.97 Å². The van der Waals surface area contributed by atoms with Crippen molar-refractivity contribution in [2.45, 2.75) is 13.0 Å². The van der Waals surface area contributed by atoms with Crippen LogP contribution in [0.3, 0.4) is 0 Å². The summed E-state index contributed by atoms with van der Waals surface area (Å²) in [4.78, 5) is 20.6. The lowest BCUT2D eigenvalue weighted by Crippen LogP contribution is -2.15. The van der Waals surface area contributed by atoms with Gasteiger partial charge >= 0.3 is 0 Å². The molecule has 1 atom stereocenters. The number of para-hydroxylation sites is 1. The summed E-state index contributed by atoms with van der Waals surface area (Å²) < 4.78 is 27.8. The molecule has 2 aromatic heterocycles. The number of halogens is 2. The Morgan fingerprint density at radius 2 is 1.71 bits per heavy atom. The Balaban J connectivity index is 1.56. The molecule has 3 aromatic carbocycles. The molecule has 3 N–H and O–H groups in total. The van der Waals surface area contributed by atoms with Crippen LogP contribution in [-0.4, -0.2) is 15.9 Å². The van der Waals surface area contributed by atoms with E-state index < -0.39 is 11.9 Å². The first-order chi connectivity index (χ1) is 17.0. The average molecular weight is 469 g/mol. The van der Waals surface area contributed by atoms with Gasteiger partial charge in [-0.3, -0.25) is 9.78 Å². The number of fused-ring (bicyclic) bond motifs is 1. The fraction of sp³-hybridized carbons (Fsp3) is 0.0714. The van der Waals surface area contributed by atoms with Crippen LogP contribution in [0.25, 0.3) is 10.9 Å². The molecule has 5 aromatic rings. The van der Waals surface area contributed by atoms with Crippen molar-refractivity contribution >= 4 is 28.2 Å². The molecule has 0 bridgehead atoms. The molecule has 0 radical (unpaired) electrons. The lowest BCUT2D eigenvalue weighted by molar-refractivity contribution is 0.102. The largest absolute Gasteiger partial charge is 0.370 e. The molecule has 0 aliphatic heterocycles. The van der Waals surface area contributed by atoms with Crippen LogP contribution >= 0.6 is 0 Å². The van der Waals surface area contributed by atoms with Crippen LogP contribution in [0, 0.1) is 18.6 Å². The van der Waals surface area contributed by atoms with Crippen molar-refractivity contribution in [2.75, 3.05) is 10.6 Å². The van der Waals surface area contributed by atoms with Crippen molar-refractivity contribution in [3.05, 3.63) is 125 Å². The minimum atomic E-state index is -0.454. The van der Waals surface area contributed by atoms with Gasteiger partial charge in [0.15, 0.2) is 0 Å². The Morgan fingerprint density at radius 3 is 2.46 bits per heavy atom. The predicted octanol–water partition coefficient (Wildman–Crippen LogP) is 6.60. The molecule has 0 unspecified atom stereocenters. The third-order valence-electron chi connectivity index (χ3n) is 5.85. The maximum atomic E-state index is 14.6. The first kappa shape index (κ1) is 22.3. The highest BCUT2D eigenvalue weighted by Gasteiger charge is 2.23. The first-order valence-corrected chi connectivity index (χ1v) is 11.1. The van der Waals surface area contributed by atoms with E-state index in [1.165, 1.54) is 30.3 Å². The number of hydrogen-bond acceptors (Lipinski definition) is 3. The Morgan fingerprint density at radius 1 is 0.943 bits per heavy atom. The van der Waals surface area contributed by atoms with Gasteiger partial charge in [0, 0.05) is 39.6 Å². The number of amides is 1. The van der Waals surface area contributed by atoms with E-state index in [2.05, 4.69) is 20.6 Å². The number of nitrogens with one attached hydrogen (secondary N) is 3. The summed E-state index contributed by atoms with van der Waals surface area (Å²) in [7, 11) is 0. The molecule has 0 saturated heterocycles. The van der Waals surface area contributed by atoms with E-state index >= 15 is 0 Å². The van der Waals surface area contributed by atoms with Gasteiger partial charge in [-0.2, -0.15) is 0 Å². The fourth-order valence-electron chi connectivity index (χ4n) is 4.18. The molecule has 7 heteroatoms. The van der Waals surface area contributed by atoms with Gasteiger partial charge < -0.3 is 15.6 Å². The average Bonchev–Trinajstić information content (AvgIpc) is 3.19. The summed E-state index contributed by atoms with van der Waals surface area (Å²) in [6.07, 6.45) is 1.70. The van der Waals surface area contributed by atoms with Gasteiger partial charge in [0.05, 0.1) is 17.4 Å². The standard InChI is InChI=1S/C28H22F2N4O/c1-17-26(27(25-8-4-5-15-31-25)34-24-7-3-2-6-22(24)30)21-16-20(13-14-23(21)32-17)33-28(35)18-9-11-19(29)12-10-18/h2-16,27,32,34H,1H3,(H,33,35)/t27-/m0/s1. The number of nitrogens with zero attached hydrogens (tertiary/aromatic N) is 1. The molecular formula is C28H22F2N4O. The zero-order valence-electron chi connectivity index (χ0n) is 18.8. The molecule has 5 nitrogen and oxygen atoms in total. The number of H-pyrrole nitrogens is 1. The summed E-state index contributed by atoms with van der Waals surface area (Å²) >= 11 is 0. The lowest BCUT2D eigenvalue weighted by Gasteiger charge is -2.21. The zero-order valence-corrected chi connectivity index (χ0v) is 18.8. The van der Waals surface area contributed by atoms with Crippen molar-refractivity contribution in [1.29, 1.82) is 0 Å². The summed E-state index contributed by atoms with van der Waals surface area (Å²) in [5.74, 6) is -1.11. The summed E-state index contributed by atoms with van der Waals surface area (Å²) in [5.41, 5.74) is 4.66. The van der Waals surface area contributed by atoms with Gasteiger partial charge in [0.1, 0.15) is 11.6 Å². The fourth-order valence-corrected chi connectivity index (χ4v) is 4.18. The van der Waals surface area contributed by atoms with E-state index in [9.17, 15) is 13.6 Å². The maximum Gasteiger partial charge on any atom is 0.255 e. The zero-order chi connectivity index (χ0) is 24.4. The first-order valence-electron chi connectivity index (χ1n) is 11.1. The molecule has 0 aliphatic carbocycles. The van der Waals surface area contributed by atoms with E-state index in [4.69, 9.17) is 0 Å². The third-order valence-corrected chi connectivity index (χ3v) is 5.85. The number of hydrogen-bond donors (Lipinski definition) is 3. The van der Waals surface area contributed by atoms with Crippen molar-refractivity contribution in [2.24, 2.45) is 0 Å². The minimum Gasteiger partial charge on any atom is -0.370 e. The normalized spacial score (nSPS) is 11.9. The number of aromatic amines is 1. The third kappa shape index (κ3) is 4.61. The number of carbonyl (C=O) groups excluding carboxylic acids is 1. The van der Waals surface area contributed by atoms with Crippen LogP contribution < -0.4 is 10.6 Å². The number of pyridine rings is 1. The SMILES string of the molecule is Cc1[nH]c2ccc(NC(=O)c3ccc(F)cc3)cc2c1[C@@H](Nc1ccccc1F)c1ccccn1. The number of benzene rings is 3. The van der Waals surface area contributed by atoms with E-state index in [0.717, 1.165) is 27.9 Å². The second kappa shape index (κ2) is 9.38. The van der Waals surface area contributed by atoms with Crippen molar-refractivity contribution < 1.29 is 13.6 Å². The minimum absolute atomic E-state index is 0.344. The molecular weight excluding hydrogens is 446 g/mol. The van der Waals surface area contributed by atoms with Crippen LogP contribution in [0.1, 0.15) is 33.4 Å². The predicted molar refractivity (Wildman–Crippen MR) is 133 cm³/mol. The van der Waals surface area contributed by atoms with Crippen LogP contribution in [-0.2, 0) is 0 Å². The monoisotopic (exact) mass is 468 g/mol. The Hall–Kier alpha value is -4.52. The molecule has 0 spiro atoms. The van der Waals surface area contributed by atoms with E-state index in [1.54, 1.807) is 30.5 Å². The van der Waals surface area contributed by atoms with Gasteiger partial charge in [-0.1, -0.05) is 18.2 Å². The molecule has 1 amide bonds. The highest BCUT2D eigenvalue weighted by Crippen LogP contribution is 2.35. The van der Waals surface area contributed by atoms with E-state index in [1.807, 2.05) is 37.3 Å². The van der Waals surface area contributed by atoms with Crippen LogP contribution in [0.2, 0.25) is 0 Å². The molecule has 174 valence electrons. The van der Waals surface area contributed by atoms with Gasteiger partial charge in [-0.25, -0.2) is 8.78 Å². The Labute approximate surface area is 200 Å². The number of anilines is 2. The van der Waals surface area contributed by atoms with Crippen LogP contribution in [0.4, 0.5) is 20.2 Å². The highest BCUT2D eigenvalue weighted by molar-refractivity contribution is 6.05. The van der Waals surface area contributed by atoms with Gasteiger partial charge in [0.25, 0.3) is 5.91 Å². The van der Waals surface area contributed by atoms with Crippen molar-refractivity contribution in [3.63, 3.8) is 0 Å². The number of rotatable bonds is 6. The summed E-state index contributed by atoms with van der Waals surface area (Å²) in [6.45, 7) is 1.95.